The lowest BCUT2D eigenvalue weighted by atomic mass is 10.0. The lowest BCUT2D eigenvalue weighted by molar-refractivity contribution is -0.151. The minimum Gasteiger partial charge on any atom is -0.462 e. The summed E-state index contributed by atoms with van der Waals surface area (Å²) in [4.78, 5) is 25.9. The predicted octanol–water partition coefficient (Wildman–Crippen LogP) is 13.1. The van der Waals surface area contributed by atoms with Crippen LogP contribution >= 0.6 is 0 Å². The molecule has 6 heteroatoms. The first kappa shape index (κ1) is 51.8. The quantitative estimate of drug-likeness (QED) is 0.0329. The second-order valence-electron chi connectivity index (χ2n) is 15.4. The van der Waals surface area contributed by atoms with E-state index in [0.717, 1.165) is 96.3 Å². The average Bonchev–Trinajstić information content (AvgIpc) is 3.16. The lowest BCUT2D eigenvalue weighted by Gasteiger charge is -2.24. The van der Waals surface area contributed by atoms with Crippen molar-refractivity contribution in [2.24, 2.45) is 0 Å². The van der Waals surface area contributed by atoms with E-state index < -0.39 is 18.2 Å². The Bertz CT molecular complexity index is 941. The number of hydrogen-bond acceptors (Lipinski definition) is 5. The lowest BCUT2D eigenvalue weighted by Crippen LogP contribution is -2.46. The third kappa shape index (κ3) is 36.8. The molecule has 0 radical (unpaired) electrons. The van der Waals surface area contributed by atoms with Crippen molar-refractivity contribution in [1.29, 1.82) is 0 Å². The van der Waals surface area contributed by atoms with Gasteiger partial charge in [0.25, 0.3) is 0 Å². The van der Waals surface area contributed by atoms with E-state index >= 15 is 0 Å². The summed E-state index contributed by atoms with van der Waals surface area (Å²) in [5.41, 5.74) is 0. The smallest absolute Gasteiger partial charge is 0.306 e. The van der Waals surface area contributed by atoms with Gasteiger partial charge in [0.15, 0.2) is 0 Å². The summed E-state index contributed by atoms with van der Waals surface area (Å²) in [5, 5.41) is 23.6. The van der Waals surface area contributed by atoms with Gasteiger partial charge in [-0.15, -0.1) is 0 Å². The normalized spacial score (nSPS) is 13.8. The molecular formula is C48H87NO5. The summed E-state index contributed by atoms with van der Waals surface area (Å²) in [7, 11) is 0. The summed E-state index contributed by atoms with van der Waals surface area (Å²) < 4.78 is 5.88. The van der Waals surface area contributed by atoms with Crippen molar-refractivity contribution < 1.29 is 24.5 Å². The summed E-state index contributed by atoms with van der Waals surface area (Å²) in [6, 6.07) is -0.705. The number of amides is 1. The predicted molar refractivity (Wildman–Crippen MR) is 232 cm³/mol. The van der Waals surface area contributed by atoms with Crippen molar-refractivity contribution in [1.82, 2.24) is 5.32 Å². The molecule has 314 valence electrons. The van der Waals surface area contributed by atoms with Crippen LogP contribution in [-0.4, -0.2) is 46.9 Å². The number of aliphatic hydroxyl groups is 2. The molecule has 0 aliphatic carbocycles. The molecule has 6 nitrogen and oxygen atoms in total. The van der Waals surface area contributed by atoms with Crippen molar-refractivity contribution in [2.45, 2.75) is 238 Å². The van der Waals surface area contributed by atoms with Crippen LogP contribution in [0.15, 0.2) is 48.6 Å². The number of carbonyl (C=O) groups excluding carboxylic acids is 2. The Morgan fingerprint density at radius 1 is 0.556 bits per heavy atom. The van der Waals surface area contributed by atoms with E-state index in [-0.39, 0.29) is 24.9 Å². The zero-order chi connectivity index (χ0) is 39.6. The Labute approximate surface area is 334 Å². The van der Waals surface area contributed by atoms with Gasteiger partial charge in [-0.25, -0.2) is 0 Å². The van der Waals surface area contributed by atoms with Gasteiger partial charge in [0.1, 0.15) is 6.10 Å². The van der Waals surface area contributed by atoms with Gasteiger partial charge in [0, 0.05) is 6.42 Å². The van der Waals surface area contributed by atoms with Crippen LogP contribution in [0.2, 0.25) is 0 Å². The summed E-state index contributed by atoms with van der Waals surface area (Å²) in [5.74, 6) is -0.508. The molecule has 0 heterocycles. The number of ether oxygens (including phenoxy) is 1. The average molecular weight is 758 g/mol. The number of hydrogen-bond donors (Lipinski definition) is 3. The van der Waals surface area contributed by atoms with E-state index in [1.54, 1.807) is 0 Å². The molecule has 0 bridgehead atoms. The van der Waals surface area contributed by atoms with Crippen molar-refractivity contribution >= 4 is 11.9 Å². The standard InChI is InChI=1S/C48H87NO5/c1-4-7-10-13-16-19-21-22-23-24-25-26-29-32-35-38-41-48(53)54-44(39-36-33-30-28-20-17-14-11-8-5-2)42-47(52)49-45(43-50)46(51)40-37-34-31-27-18-15-12-9-6-3/h7,10,16-17,19-20,22-23,44-46,50-51H,4-6,8-9,11-15,18,21,24-43H2,1-3H3,(H,49,52)/b10-7+,19-16+,20-17-,23-22+. The molecule has 54 heavy (non-hydrogen) atoms. The summed E-state index contributed by atoms with van der Waals surface area (Å²) >= 11 is 0. The fourth-order valence-electron chi connectivity index (χ4n) is 6.67. The van der Waals surface area contributed by atoms with Crippen LogP contribution in [-0.2, 0) is 14.3 Å². The highest BCUT2D eigenvalue weighted by Gasteiger charge is 2.24. The summed E-state index contributed by atoms with van der Waals surface area (Å²) in [6.45, 7) is 6.30. The molecule has 3 unspecified atom stereocenters. The Morgan fingerprint density at radius 2 is 1.00 bits per heavy atom. The number of carbonyl (C=O) groups is 2. The zero-order valence-electron chi connectivity index (χ0n) is 35.6. The number of aliphatic hydroxyl groups excluding tert-OH is 2. The van der Waals surface area contributed by atoms with Crippen LogP contribution in [0.5, 0.6) is 0 Å². The van der Waals surface area contributed by atoms with Gasteiger partial charge in [-0.1, -0.05) is 172 Å². The number of unbranched alkanes of at least 4 members (excludes halogenated alkanes) is 20. The first-order valence-corrected chi connectivity index (χ1v) is 22.9. The minimum absolute atomic E-state index is 0.0609. The van der Waals surface area contributed by atoms with Crippen molar-refractivity contribution in [3.05, 3.63) is 48.6 Å². The maximum atomic E-state index is 13.1. The molecule has 0 rings (SSSR count). The second-order valence-corrected chi connectivity index (χ2v) is 15.4. The number of allylic oxidation sites excluding steroid dienone is 8. The molecule has 3 atom stereocenters. The van der Waals surface area contributed by atoms with E-state index in [4.69, 9.17) is 4.74 Å². The molecule has 1 amide bonds. The van der Waals surface area contributed by atoms with Crippen LogP contribution in [0, 0.1) is 0 Å². The number of rotatable bonds is 40. The fourth-order valence-corrected chi connectivity index (χ4v) is 6.67. The highest BCUT2D eigenvalue weighted by molar-refractivity contribution is 5.77. The highest BCUT2D eigenvalue weighted by Crippen LogP contribution is 2.17. The minimum atomic E-state index is -0.790. The fraction of sp³-hybridized carbons (Fsp3) is 0.792. The molecule has 0 fully saturated rings. The molecule has 0 aromatic heterocycles. The maximum absolute atomic E-state index is 13.1. The Balaban J connectivity index is 4.57. The maximum Gasteiger partial charge on any atom is 0.306 e. The van der Waals surface area contributed by atoms with Gasteiger partial charge >= 0.3 is 5.97 Å². The van der Waals surface area contributed by atoms with Crippen molar-refractivity contribution in [3.8, 4) is 0 Å². The van der Waals surface area contributed by atoms with E-state index in [1.807, 2.05) is 0 Å². The van der Waals surface area contributed by atoms with Gasteiger partial charge < -0.3 is 20.3 Å². The molecular weight excluding hydrogens is 671 g/mol. The van der Waals surface area contributed by atoms with Gasteiger partial charge in [-0.2, -0.15) is 0 Å². The van der Waals surface area contributed by atoms with Crippen molar-refractivity contribution in [3.63, 3.8) is 0 Å². The zero-order valence-corrected chi connectivity index (χ0v) is 35.6. The largest absolute Gasteiger partial charge is 0.462 e. The van der Waals surface area contributed by atoms with E-state index in [0.29, 0.717) is 19.3 Å². The molecule has 0 aromatic carbocycles. The monoisotopic (exact) mass is 758 g/mol. The third-order valence-corrected chi connectivity index (χ3v) is 10.1. The second kappa shape index (κ2) is 42.0. The molecule has 0 aromatic rings. The first-order valence-electron chi connectivity index (χ1n) is 22.9. The van der Waals surface area contributed by atoms with Crippen LogP contribution in [0.4, 0.5) is 0 Å². The SMILES string of the molecule is CC/C=C/C/C=C/C/C=C/CCCCCCCCC(=O)OC(CCCCC/C=C\CCCCC)CC(=O)NC(CO)C(O)CCCCCCCCCCC. The molecule has 0 aliphatic heterocycles. The van der Waals surface area contributed by atoms with E-state index in [1.165, 1.54) is 77.0 Å². The molecule has 0 aliphatic rings. The molecule has 0 saturated carbocycles. The Hall–Kier alpha value is -2.18. The van der Waals surface area contributed by atoms with E-state index in [2.05, 4.69) is 74.7 Å². The van der Waals surface area contributed by atoms with Gasteiger partial charge in [-0.05, 0) is 83.5 Å². The van der Waals surface area contributed by atoms with Gasteiger partial charge in [0.05, 0.1) is 25.2 Å². The van der Waals surface area contributed by atoms with E-state index in [9.17, 15) is 19.8 Å². The Morgan fingerprint density at radius 3 is 1.59 bits per heavy atom. The van der Waals surface area contributed by atoms with Gasteiger partial charge in [0.2, 0.25) is 5.91 Å². The van der Waals surface area contributed by atoms with Gasteiger partial charge in [-0.3, -0.25) is 9.59 Å². The van der Waals surface area contributed by atoms with Crippen LogP contribution in [0.1, 0.15) is 220 Å². The van der Waals surface area contributed by atoms with Crippen LogP contribution in [0.3, 0.4) is 0 Å². The van der Waals surface area contributed by atoms with Crippen LogP contribution < -0.4 is 5.32 Å². The Kier molecular flexibility index (Phi) is 40.3. The first-order chi connectivity index (χ1) is 26.5. The third-order valence-electron chi connectivity index (χ3n) is 10.1. The topological polar surface area (TPSA) is 95.9 Å². The molecule has 3 N–H and O–H groups in total. The molecule has 0 spiro atoms. The van der Waals surface area contributed by atoms with Crippen molar-refractivity contribution in [2.75, 3.05) is 6.61 Å². The molecule has 0 saturated heterocycles. The van der Waals surface area contributed by atoms with Crippen LogP contribution in [0.25, 0.3) is 0 Å². The highest BCUT2D eigenvalue weighted by atomic mass is 16.5. The number of esters is 1. The summed E-state index contributed by atoms with van der Waals surface area (Å²) in [6.07, 6.45) is 48.9. The number of nitrogens with one attached hydrogen (secondary N) is 1.